The number of hydrogen-bond acceptors (Lipinski definition) is 3. The van der Waals surface area contributed by atoms with Crippen LogP contribution in [0.3, 0.4) is 0 Å². The molecule has 0 radical (unpaired) electrons. The molecule has 5 heteroatoms. The number of nitriles is 1. The number of hydrogen-bond donors (Lipinski definition) is 1. The first-order valence-electron chi connectivity index (χ1n) is 4.24. The first-order valence-corrected chi connectivity index (χ1v) is 5.03. The number of nitrogens with two attached hydrogens (primary N) is 1. The van der Waals surface area contributed by atoms with Crippen molar-refractivity contribution in [2.75, 3.05) is 19.8 Å². The number of nitrogens with zero attached hydrogens (tertiary/aromatic N) is 3. The lowest BCUT2D eigenvalue weighted by Gasteiger charge is -2.05. The summed E-state index contributed by atoms with van der Waals surface area (Å²) in [6.07, 6.45) is 1.63. The van der Waals surface area contributed by atoms with Crippen molar-refractivity contribution in [3.8, 4) is 6.07 Å². The molecule has 0 unspecified atom stereocenters. The van der Waals surface area contributed by atoms with E-state index in [0.717, 1.165) is 0 Å². The van der Waals surface area contributed by atoms with Crippen molar-refractivity contribution in [1.29, 1.82) is 5.26 Å². The molecule has 1 aromatic rings. The molecule has 0 saturated carbocycles. The quantitative estimate of drug-likeness (QED) is 0.507. The molecule has 0 saturated heterocycles. The van der Waals surface area contributed by atoms with Gasteiger partial charge in [-0.1, -0.05) is 0 Å². The summed E-state index contributed by atoms with van der Waals surface area (Å²) in [6.45, 7) is 0. The Kier molecular flexibility index (Phi) is 3.69. The normalized spacial score (nSPS) is 10.3. The minimum Gasteiger partial charge on any atom is -0.398 e. The molecule has 0 fully saturated rings. The van der Waals surface area contributed by atoms with Crippen LogP contribution in [0.15, 0.2) is 21.6 Å². The Hall–Kier alpha value is -1.54. The van der Waals surface area contributed by atoms with E-state index < -0.39 is 0 Å². The van der Waals surface area contributed by atoms with E-state index in [9.17, 15) is 0 Å². The maximum Gasteiger partial charge on any atom is 0.101 e. The molecule has 0 aliphatic rings. The summed E-state index contributed by atoms with van der Waals surface area (Å²) in [6, 6.07) is 5.40. The molecule has 0 spiro atoms. The number of nitrogen functional groups attached to an aromatic ring is 1. The Bertz CT molecular complexity index is 432. The maximum atomic E-state index is 8.90. The summed E-state index contributed by atoms with van der Waals surface area (Å²) < 4.78 is 0.711. The Morgan fingerprint density at radius 1 is 1.53 bits per heavy atom. The Morgan fingerprint density at radius 2 is 2.20 bits per heavy atom. The fourth-order valence-corrected chi connectivity index (χ4v) is 1.30. The van der Waals surface area contributed by atoms with Gasteiger partial charge in [0.1, 0.15) is 6.07 Å². The molecule has 0 bridgehead atoms. The lowest BCUT2D eigenvalue weighted by molar-refractivity contribution is 0.643. The largest absolute Gasteiger partial charge is 0.398 e. The number of rotatable bonds is 2. The molecule has 0 aromatic heterocycles. The smallest absolute Gasteiger partial charge is 0.101 e. The third kappa shape index (κ3) is 2.96. The van der Waals surface area contributed by atoms with E-state index >= 15 is 0 Å². The zero-order chi connectivity index (χ0) is 11.4. The van der Waals surface area contributed by atoms with Crippen LogP contribution in [0.2, 0.25) is 0 Å². The third-order valence-electron chi connectivity index (χ3n) is 1.66. The molecule has 78 valence electrons. The highest BCUT2D eigenvalue weighted by atomic mass is 79.9. The summed E-state index contributed by atoms with van der Waals surface area (Å²) in [4.78, 5) is 5.95. The summed E-state index contributed by atoms with van der Waals surface area (Å²) in [5, 5.41) is 8.90. The van der Waals surface area contributed by atoms with Crippen LogP contribution < -0.4 is 5.73 Å². The van der Waals surface area contributed by atoms with Crippen LogP contribution in [0.5, 0.6) is 0 Å². The van der Waals surface area contributed by atoms with E-state index in [0.29, 0.717) is 21.4 Å². The van der Waals surface area contributed by atoms with Crippen molar-refractivity contribution in [3.63, 3.8) is 0 Å². The van der Waals surface area contributed by atoms with Gasteiger partial charge >= 0.3 is 0 Å². The second kappa shape index (κ2) is 4.80. The average Bonchev–Trinajstić information content (AvgIpc) is 2.19. The van der Waals surface area contributed by atoms with Gasteiger partial charge in [0.25, 0.3) is 0 Å². The minimum absolute atomic E-state index is 0.495. The van der Waals surface area contributed by atoms with E-state index in [1.807, 2.05) is 14.1 Å². The van der Waals surface area contributed by atoms with Crippen LogP contribution in [-0.4, -0.2) is 25.3 Å². The highest BCUT2D eigenvalue weighted by Gasteiger charge is 2.04. The second-order valence-electron chi connectivity index (χ2n) is 3.21. The lowest BCUT2D eigenvalue weighted by Crippen LogP contribution is -2.07. The number of aliphatic imine (C=N–C) groups is 1. The molecule has 2 N–H and O–H groups in total. The molecule has 15 heavy (non-hydrogen) atoms. The van der Waals surface area contributed by atoms with E-state index in [1.54, 1.807) is 23.4 Å². The van der Waals surface area contributed by atoms with Crippen LogP contribution in [0.25, 0.3) is 0 Å². The van der Waals surface area contributed by atoms with Crippen LogP contribution in [0.1, 0.15) is 5.56 Å². The molecular weight excluding hydrogens is 256 g/mol. The third-order valence-corrected chi connectivity index (χ3v) is 2.35. The van der Waals surface area contributed by atoms with Gasteiger partial charge < -0.3 is 10.6 Å². The van der Waals surface area contributed by atoms with E-state index in [4.69, 9.17) is 11.0 Å². The minimum atomic E-state index is 0.495. The lowest BCUT2D eigenvalue weighted by atomic mass is 10.2. The highest BCUT2D eigenvalue weighted by molar-refractivity contribution is 9.10. The van der Waals surface area contributed by atoms with Gasteiger partial charge in [0, 0.05) is 24.3 Å². The zero-order valence-corrected chi connectivity index (χ0v) is 10.1. The van der Waals surface area contributed by atoms with Crippen LogP contribution in [0.4, 0.5) is 11.4 Å². The Balaban J connectivity index is 3.18. The molecule has 0 amide bonds. The van der Waals surface area contributed by atoms with Crippen molar-refractivity contribution in [2.24, 2.45) is 4.99 Å². The SMILES string of the molecule is CN(C)/C=N\c1cc(N)c(Br)cc1C#N. The van der Waals surface area contributed by atoms with Gasteiger partial charge in [0.15, 0.2) is 0 Å². The van der Waals surface area contributed by atoms with Gasteiger partial charge in [-0.15, -0.1) is 0 Å². The van der Waals surface area contributed by atoms with Gasteiger partial charge in [0.05, 0.1) is 17.6 Å². The van der Waals surface area contributed by atoms with Gasteiger partial charge in [0.2, 0.25) is 0 Å². The first-order chi connectivity index (χ1) is 7.04. The van der Waals surface area contributed by atoms with Gasteiger partial charge in [-0.2, -0.15) is 5.26 Å². The van der Waals surface area contributed by atoms with Crippen molar-refractivity contribution < 1.29 is 0 Å². The summed E-state index contributed by atoms with van der Waals surface area (Å²) in [7, 11) is 3.72. The predicted molar refractivity (Wildman–Crippen MR) is 65.1 cm³/mol. The van der Waals surface area contributed by atoms with Crippen LogP contribution >= 0.6 is 15.9 Å². The monoisotopic (exact) mass is 266 g/mol. The summed E-state index contributed by atoms with van der Waals surface area (Å²) in [5.41, 5.74) is 7.35. The average molecular weight is 267 g/mol. The van der Waals surface area contributed by atoms with Gasteiger partial charge in [-0.05, 0) is 28.1 Å². The van der Waals surface area contributed by atoms with Crippen molar-refractivity contribution in [1.82, 2.24) is 4.90 Å². The predicted octanol–water partition coefficient (Wildman–Crippen LogP) is 2.12. The standard InChI is InChI=1S/C10H11BrN4/c1-15(2)6-14-10-4-9(13)8(11)3-7(10)5-12/h3-4,6H,13H2,1-2H3/b14-6-. The molecular formula is C10H11BrN4. The van der Waals surface area contributed by atoms with Crippen molar-refractivity contribution in [3.05, 3.63) is 22.2 Å². The molecule has 0 atom stereocenters. The maximum absolute atomic E-state index is 8.90. The fourth-order valence-electron chi connectivity index (χ4n) is 0.952. The fraction of sp³-hybridized carbons (Fsp3) is 0.200. The molecule has 0 aliphatic heterocycles. The topological polar surface area (TPSA) is 65.4 Å². The Labute approximate surface area is 97.1 Å². The number of benzene rings is 1. The van der Waals surface area contributed by atoms with E-state index in [-0.39, 0.29) is 0 Å². The molecule has 0 heterocycles. The summed E-state index contributed by atoms with van der Waals surface area (Å²) in [5.74, 6) is 0. The molecule has 0 aliphatic carbocycles. The molecule has 1 rings (SSSR count). The summed E-state index contributed by atoms with van der Waals surface area (Å²) >= 11 is 3.26. The van der Waals surface area contributed by atoms with Gasteiger partial charge in [-0.25, -0.2) is 4.99 Å². The van der Waals surface area contributed by atoms with Crippen LogP contribution in [0, 0.1) is 11.3 Å². The number of halogens is 1. The van der Waals surface area contributed by atoms with Crippen molar-refractivity contribution >= 4 is 33.6 Å². The first kappa shape index (κ1) is 11.5. The highest BCUT2D eigenvalue weighted by Crippen LogP contribution is 2.28. The van der Waals surface area contributed by atoms with E-state index in [2.05, 4.69) is 27.0 Å². The zero-order valence-electron chi connectivity index (χ0n) is 8.53. The molecule has 4 nitrogen and oxygen atoms in total. The van der Waals surface area contributed by atoms with Crippen LogP contribution in [-0.2, 0) is 0 Å². The molecule has 1 aromatic carbocycles. The number of anilines is 1. The Morgan fingerprint density at radius 3 is 2.73 bits per heavy atom. The second-order valence-corrected chi connectivity index (χ2v) is 4.07. The van der Waals surface area contributed by atoms with Gasteiger partial charge in [-0.3, -0.25) is 0 Å². The van der Waals surface area contributed by atoms with E-state index in [1.165, 1.54) is 0 Å². The van der Waals surface area contributed by atoms with Crippen molar-refractivity contribution in [2.45, 2.75) is 0 Å².